The van der Waals surface area contributed by atoms with Crippen molar-refractivity contribution >= 4 is 11.6 Å². The van der Waals surface area contributed by atoms with Gasteiger partial charge in [-0.15, -0.1) is 5.10 Å². The molecular weight excluding hydrogens is 226 g/mol. The summed E-state index contributed by atoms with van der Waals surface area (Å²) in [4.78, 5) is 0. The molecule has 0 unspecified atom stereocenters. The fourth-order valence-corrected chi connectivity index (χ4v) is 1.73. The molecule has 16 heavy (non-hydrogen) atoms. The van der Waals surface area contributed by atoms with E-state index in [9.17, 15) is 5.11 Å². The Morgan fingerprint density at radius 3 is 3.00 bits per heavy atom. The summed E-state index contributed by atoms with van der Waals surface area (Å²) in [6.45, 7) is 2.82. The molecule has 84 valence electrons. The molecule has 5 heteroatoms. The third-order valence-electron chi connectivity index (χ3n) is 2.29. The normalized spacial score (nSPS) is 10.6. The Balaban J connectivity index is 2.49. The predicted octanol–water partition coefficient (Wildman–Crippen LogP) is 2.71. The first-order chi connectivity index (χ1) is 7.72. The lowest BCUT2D eigenvalue weighted by molar-refractivity contribution is 0.476. The van der Waals surface area contributed by atoms with Crippen LogP contribution in [0.5, 0.6) is 5.75 Å². The highest BCUT2D eigenvalue weighted by molar-refractivity contribution is 6.30. The first-order valence-electron chi connectivity index (χ1n) is 5.09. The zero-order valence-electron chi connectivity index (χ0n) is 8.89. The molecule has 0 atom stereocenters. The Morgan fingerprint density at radius 2 is 2.25 bits per heavy atom. The lowest BCUT2D eigenvalue weighted by Crippen LogP contribution is -2.01. The molecule has 0 saturated carbocycles. The van der Waals surface area contributed by atoms with Crippen molar-refractivity contribution in [3.05, 3.63) is 29.4 Å². The lowest BCUT2D eigenvalue weighted by Gasteiger charge is -2.06. The molecule has 0 amide bonds. The summed E-state index contributed by atoms with van der Waals surface area (Å²) in [6.07, 6.45) is 2.58. The number of aromatic nitrogens is 3. The zero-order valence-corrected chi connectivity index (χ0v) is 9.65. The highest BCUT2D eigenvalue weighted by Crippen LogP contribution is 2.30. The summed E-state index contributed by atoms with van der Waals surface area (Å²) >= 11 is 5.90. The second-order valence-corrected chi connectivity index (χ2v) is 3.94. The van der Waals surface area contributed by atoms with Gasteiger partial charge in [0.1, 0.15) is 5.75 Å². The van der Waals surface area contributed by atoms with Crippen molar-refractivity contribution in [1.29, 1.82) is 0 Å². The van der Waals surface area contributed by atoms with Crippen LogP contribution in [0.3, 0.4) is 0 Å². The number of hydrogen-bond acceptors (Lipinski definition) is 3. The molecule has 0 saturated heterocycles. The van der Waals surface area contributed by atoms with Crippen LogP contribution in [0.1, 0.15) is 13.3 Å². The minimum atomic E-state index is 0.184. The molecule has 0 fully saturated rings. The van der Waals surface area contributed by atoms with E-state index in [-0.39, 0.29) is 5.75 Å². The minimum Gasteiger partial charge on any atom is -0.507 e. The van der Waals surface area contributed by atoms with Crippen LogP contribution in [-0.2, 0) is 6.54 Å². The van der Waals surface area contributed by atoms with E-state index in [1.807, 2.05) is 0 Å². The standard InChI is InChI=1S/C11H12ClN3O/c1-2-5-15-10(7-13-14-15)9-6-8(12)3-4-11(9)16/h3-4,6-7,16H,2,5H2,1H3. The fraction of sp³-hybridized carbons (Fsp3) is 0.273. The molecule has 2 rings (SSSR count). The largest absolute Gasteiger partial charge is 0.507 e. The highest BCUT2D eigenvalue weighted by atomic mass is 35.5. The van der Waals surface area contributed by atoms with E-state index in [4.69, 9.17) is 11.6 Å². The van der Waals surface area contributed by atoms with Crippen LogP contribution in [0, 0.1) is 0 Å². The molecule has 0 spiro atoms. The summed E-state index contributed by atoms with van der Waals surface area (Å²) in [7, 11) is 0. The first-order valence-corrected chi connectivity index (χ1v) is 5.47. The third kappa shape index (κ3) is 2.02. The van der Waals surface area contributed by atoms with E-state index in [1.165, 1.54) is 0 Å². The number of rotatable bonds is 3. The Labute approximate surface area is 98.5 Å². The summed E-state index contributed by atoms with van der Waals surface area (Å²) in [6, 6.07) is 4.93. The zero-order chi connectivity index (χ0) is 11.5. The molecule has 1 aromatic carbocycles. The van der Waals surface area contributed by atoms with Gasteiger partial charge in [0.05, 0.1) is 11.9 Å². The van der Waals surface area contributed by atoms with Crippen molar-refractivity contribution in [3.63, 3.8) is 0 Å². The van der Waals surface area contributed by atoms with Crippen LogP contribution in [0.25, 0.3) is 11.3 Å². The maximum absolute atomic E-state index is 9.77. The second-order valence-electron chi connectivity index (χ2n) is 3.50. The molecule has 0 radical (unpaired) electrons. The van der Waals surface area contributed by atoms with Gasteiger partial charge in [-0.25, -0.2) is 4.68 Å². The molecule has 4 nitrogen and oxygen atoms in total. The van der Waals surface area contributed by atoms with Crippen molar-refractivity contribution in [1.82, 2.24) is 15.0 Å². The number of phenols is 1. The summed E-state index contributed by atoms with van der Waals surface area (Å²) in [5, 5.41) is 18.2. The van der Waals surface area contributed by atoms with E-state index >= 15 is 0 Å². The smallest absolute Gasteiger partial charge is 0.125 e. The number of aromatic hydroxyl groups is 1. The predicted molar refractivity (Wildman–Crippen MR) is 62.4 cm³/mol. The summed E-state index contributed by atoms with van der Waals surface area (Å²) in [5.41, 5.74) is 1.44. The molecule has 1 N–H and O–H groups in total. The van der Waals surface area contributed by atoms with Crippen molar-refractivity contribution in [2.75, 3.05) is 0 Å². The van der Waals surface area contributed by atoms with Crippen molar-refractivity contribution < 1.29 is 5.11 Å². The number of nitrogens with zero attached hydrogens (tertiary/aromatic N) is 3. The molecule has 0 aliphatic rings. The van der Waals surface area contributed by atoms with Crippen LogP contribution < -0.4 is 0 Å². The number of benzene rings is 1. The van der Waals surface area contributed by atoms with Gasteiger partial charge in [0.25, 0.3) is 0 Å². The van der Waals surface area contributed by atoms with Gasteiger partial charge in [0, 0.05) is 17.1 Å². The summed E-state index contributed by atoms with van der Waals surface area (Å²) < 4.78 is 1.76. The van der Waals surface area contributed by atoms with Crippen LogP contribution in [0.2, 0.25) is 5.02 Å². The molecule has 0 bridgehead atoms. The number of aryl methyl sites for hydroxylation is 1. The maximum atomic E-state index is 9.77. The van der Waals surface area contributed by atoms with Crippen LogP contribution in [0.15, 0.2) is 24.4 Å². The second kappa shape index (κ2) is 4.53. The SMILES string of the molecule is CCCn1nncc1-c1cc(Cl)ccc1O. The summed E-state index contributed by atoms with van der Waals surface area (Å²) in [5.74, 6) is 0.184. The highest BCUT2D eigenvalue weighted by Gasteiger charge is 2.10. The Bertz CT molecular complexity index is 496. The van der Waals surface area contributed by atoms with Gasteiger partial charge in [-0.3, -0.25) is 0 Å². The number of hydrogen-bond donors (Lipinski definition) is 1. The molecular formula is C11H12ClN3O. The van der Waals surface area contributed by atoms with E-state index in [1.54, 1.807) is 29.1 Å². The molecule has 0 aliphatic carbocycles. The quantitative estimate of drug-likeness (QED) is 0.893. The minimum absolute atomic E-state index is 0.184. The van der Waals surface area contributed by atoms with E-state index in [0.717, 1.165) is 18.7 Å². The number of halogens is 1. The van der Waals surface area contributed by atoms with Crippen LogP contribution in [-0.4, -0.2) is 20.1 Å². The van der Waals surface area contributed by atoms with Crippen LogP contribution >= 0.6 is 11.6 Å². The third-order valence-corrected chi connectivity index (χ3v) is 2.52. The average molecular weight is 238 g/mol. The molecule has 1 heterocycles. The van der Waals surface area contributed by atoms with Crippen molar-refractivity contribution in [2.45, 2.75) is 19.9 Å². The van der Waals surface area contributed by atoms with Gasteiger partial charge in [0.15, 0.2) is 0 Å². The first kappa shape index (κ1) is 11.0. The number of phenolic OH excluding ortho intramolecular Hbond substituents is 1. The monoisotopic (exact) mass is 237 g/mol. The van der Waals surface area contributed by atoms with Crippen molar-refractivity contribution in [3.8, 4) is 17.0 Å². The lowest BCUT2D eigenvalue weighted by atomic mass is 10.1. The van der Waals surface area contributed by atoms with Gasteiger partial charge >= 0.3 is 0 Å². The molecule has 0 aliphatic heterocycles. The fourth-order valence-electron chi connectivity index (χ4n) is 1.56. The Kier molecular flexibility index (Phi) is 3.10. The molecule has 2 aromatic rings. The maximum Gasteiger partial charge on any atom is 0.125 e. The van der Waals surface area contributed by atoms with Crippen LogP contribution in [0.4, 0.5) is 0 Å². The average Bonchev–Trinajstić information content (AvgIpc) is 2.70. The molecule has 1 aromatic heterocycles. The van der Waals surface area contributed by atoms with Gasteiger partial charge in [-0.05, 0) is 24.6 Å². The van der Waals surface area contributed by atoms with Crippen molar-refractivity contribution in [2.24, 2.45) is 0 Å². The van der Waals surface area contributed by atoms with Gasteiger partial charge < -0.3 is 5.11 Å². The Hall–Kier alpha value is -1.55. The van der Waals surface area contributed by atoms with Gasteiger partial charge in [-0.2, -0.15) is 0 Å². The van der Waals surface area contributed by atoms with E-state index in [2.05, 4.69) is 17.2 Å². The topological polar surface area (TPSA) is 50.9 Å². The van der Waals surface area contributed by atoms with E-state index in [0.29, 0.717) is 10.6 Å². The van der Waals surface area contributed by atoms with E-state index < -0.39 is 0 Å². The van der Waals surface area contributed by atoms with Gasteiger partial charge in [-0.1, -0.05) is 23.7 Å². The van der Waals surface area contributed by atoms with Gasteiger partial charge in [0.2, 0.25) is 0 Å². The Morgan fingerprint density at radius 1 is 1.44 bits per heavy atom.